The van der Waals surface area contributed by atoms with Crippen molar-refractivity contribution in [3.8, 4) is 0 Å². The molecule has 0 aromatic heterocycles. The van der Waals surface area contributed by atoms with E-state index in [2.05, 4.69) is 4.72 Å². The van der Waals surface area contributed by atoms with Gasteiger partial charge in [-0.1, -0.05) is 24.3 Å². The fraction of sp³-hybridized carbons (Fsp3) is 0.261. The highest BCUT2D eigenvalue weighted by Crippen LogP contribution is 2.33. The molecule has 0 radical (unpaired) electrons. The molecule has 2 aromatic carbocycles. The Balaban J connectivity index is 1.74. The highest BCUT2D eigenvalue weighted by Gasteiger charge is 2.41. The van der Waals surface area contributed by atoms with E-state index in [1.54, 1.807) is 24.0 Å². The number of anilines is 1. The first-order valence-corrected chi connectivity index (χ1v) is 11.8. The van der Waals surface area contributed by atoms with Crippen LogP contribution in [0.2, 0.25) is 0 Å². The predicted octanol–water partition coefficient (Wildman–Crippen LogP) is 2.99. The Morgan fingerprint density at radius 3 is 2.16 bits per heavy atom. The normalized spacial score (nSPS) is 16.2. The Hall–Kier alpha value is -3.46. The van der Waals surface area contributed by atoms with Crippen LogP contribution in [0.4, 0.5) is 5.69 Å². The molecule has 9 heteroatoms. The molecule has 166 valence electrons. The van der Waals surface area contributed by atoms with E-state index in [1.165, 1.54) is 36.4 Å². The Bertz CT molecular complexity index is 1230. The molecule has 2 aromatic rings. The summed E-state index contributed by atoms with van der Waals surface area (Å²) in [5, 5.41) is 0. The Morgan fingerprint density at radius 2 is 1.56 bits per heavy atom. The van der Waals surface area contributed by atoms with Gasteiger partial charge in [-0.25, -0.2) is 13.2 Å². The van der Waals surface area contributed by atoms with Crippen LogP contribution >= 0.6 is 0 Å². The molecular formula is C23H22N2O6S. The number of nitrogens with one attached hydrogen (secondary N) is 1. The second-order valence-corrected chi connectivity index (χ2v) is 9.10. The van der Waals surface area contributed by atoms with Gasteiger partial charge < -0.3 is 9.64 Å². The third-order valence-electron chi connectivity index (χ3n) is 5.39. The number of sulfonamides is 1. The van der Waals surface area contributed by atoms with Crippen molar-refractivity contribution in [3.05, 3.63) is 75.8 Å². The first-order valence-electron chi connectivity index (χ1n) is 10.3. The number of ketones is 2. The molecule has 1 aliphatic carbocycles. The summed E-state index contributed by atoms with van der Waals surface area (Å²) in [6, 6.07) is 11.9. The summed E-state index contributed by atoms with van der Waals surface area (Å²) in [4.78, 5) is 39.5. The zero-order valence-electron chi connectivity index (χ0n) is 17.5. The lowest BCUT2D eigenvalue weighted by Crippen LogP contribution is -2.36. The molecule has 1 heterocycles. The summed E-state index contributed by atoms with van der Waals surface area (Å²) in [5.41, 5.74) is 0.618. The second-order valence-electron chi connectivity index (χ2n) is 7.48. The van der Waals surface area contributed by atoms with Crippen LogP contribution in [0.25, 0.3) is 0 Å². The second kappa shape index (κ2) is 8.58. The minimum atomic E-state index is -4.39. The van der Waals surface area contributed by atoms with Gasteiger partial charge in [-0.2, -0.15) is 0 Å². The molecule has 8 nitrogen and oxygen atoms in total. The predicted molar refractivity (Wildman–Crippen MR) is 118 cm³/mol. The average molecular weight is 455 g/mol. The number of likely N-dealkylation sites (tertiary alicyclic amines) is 1. The SMILES string of the molecule is CCOC(=O)c1ccc(NS(=O)(=O)C2=C(N3CCCC3)C(=O)c3ccccc3C2=O)cc1. The van der Waals surface area contributed by atoms with E-state index in [9.17, 15) is 22.8 Å². The molecule has 0 saturated carbocycles. The van der Waals surface area contributed by atoms with Crippen LogP contribution in [-0.4, -0.2) is 50.5 Å². The van der Waals surface area contributed by atoms with Gasteiger partial charge in [0.15, 0.2) is 4.91 Å². The minimum Gasteiger partial charge on any atom is -0.462 e. The van der Waals surface area contributed by atoms with Crippen LogP contribution in [0.15, 0.2) is 59.1 Å². The monoisotopic (exact) mass is 454 g/mol. The minimum absolute atomic E-state index is 0.0680. The molecule has 0 unspecified atom stereocenters. The maximum Gasteiger partial charge on any atom is 0.338 e. The number of rotatable bonds is 6. The third kappa shape index (κ3) is 3.91. The molecule has 2 aliphatic rings. The van der Waals surface area contributed by atoms with Crippen LogP contribution in [0.5, 0.6) is 0 Å². The summed E-state index contributed by atoms with van der Waals surface area (Å²) in [5.74, 6) is -1.71. The number of hydrogen-bond acceptors (Lipinski definition) is 7. The standard InChI is InChI=1S/C23H22N2O6S/c1-2-31-23(28)15-9-11-16(12-10-15)24-32(29,30)22-19(25-13-5-6-14-25)20(26)17-7-3-4-8-18(17)21(22)27/h3-4,7-12,24H,2,5-6,13-14H2,1H3. The van der Waals surface area contributed by atoms with E-state index in [-0.39, 0.29) is 34.7 Å². The number of nitrogens with zero attached hydrogens (tertiary/aromatic N) is 1. The van der Waals surface area contributed by atoms with Gasteiger partial charge in [0.1, 0.15) is 5.70 Å². The highest BCUT2D eigenvalue weighted by atomic mass is 32.2. The molecule has 4 rings (SSSR count). The van der Waals surface area contributed by atoms with Gasteiger partial charge >= 0.3 is 5.97 Å². The van der Waals surface area contributed by atoms with Crippen LogP contribution in [0.3, 0.4) is 0 Å². The topological polar surface area (TPSA) is 110 Å². The van der Waals surface area contributed by atoms with E-state index < -0.39 is 32.5 Å². The molecule has 1 saturated heterocycles. The summed E-state index contributed by atoms with van der Waals surface area (Å²) in [6.45, 7) is 2.92. The van der Waals surface area contributed by atoms with Gasteiger partial charge in [0.2, 0.25) is 11.6 Å². The van der Waals surface area contributed by atoms with E-state index in [0.717, 1.165) is 12.8 Å². The quantitative estimate of drug-likeness (QED) is 0.668. The van der Waals surface area contributed by atoms with Crippen LogP contribution in [-0.2, 0) is 14.8 Å². The largest absolute Gasteiger partial charge is 0.462 e. The number of fused-ring (bicyclic) bond motifs is 1. The summed E-state index contributed by atoms with van der Waals surface area (Å²) >= 11 is 0. The lowest BCUT2D eigenvalue weighted by molar-refractivity contribution is 0.0526. The number of carbonyl (C=O) groups excluding carboxylic acids is 3. The smallest absolute Gasteiger partial charge is 0.338 e. The summed E-state index contributed by atoms with van der Waals surface area (Å²) in [7, 11) is -4.39. The Kier molecular flexibility index (Phi) is 5.84. The molecule has 0 spiro atoms. The molecular weight excluding hydrogens is 432 g/mol. The first kappa shape index (κ1) is 21.8. The Labute approximate surface area is 185 Å². The fourth-order valence-corrected chi connectivity index (χ4v) is 5.29. The zero-order valence-corrected chi connectivity index (χ0v) is 18.3. The van der Waals surface area contributed by atoms with Crippen molar-refractivity contribution in [1.82, 2.24) is 4.90 Å². The van der Waals surface area contributed by atoms with Gasteiger partial charge in [-0.15, -0.1) is 0 Å². The number of benzene rings is 2. The van der Waals surface area contributed by atoms with Crippen LogP contribution in [0, 0.1) is 0 Å². The number of hydrogen-bond donors (Lipinski definition) is 1. The third-order valence-corrected chi connectivity index (χ3v) is 6.81. The maximum atomic E-state index is 13.3. The molecule has 1 fully saturated rings. The lowest BCUT2D eigenvalue weighted by atomic mass is 9.92. The van der Waals surface area contributed by atoms with Crippen molar-refractivity contribution in [2.75, 3.05) is 24.4 Å². The summed E-state index contributed by atoms with van der Waals surface area (Å²) < 4.78 is 34.0. The molecule has 1 aliphatic heterocycles. The van der Waals surface area contributed by atoms with E-state index in [1.807, 2.05) is 0 Å². The van der Waals surface area contributed by atoms with Crippen molar-refractivity contribution in [2.45, 2.75) is 19.8 Å². The summed E-state index contributed by atoms with van der Waals surface area (Å²) in [6.07, 6.45) is 1.62. The molecule has 0 atom stereocenters. The molecule has 0 amide bonds. The average Bonchev–Trinajstić information content (AvgIpc) is 3.31. The molecule has 32 heavy (non-hydrogen) atoms. The fourth-order valence-electron chi connectivity index (χ4n) is 3.91. The number of carbonyl (C=O) groups is 3. The van der Waals surface area contributed by atoms with Crippen molar-refractivity contribution >= 4 is 33.2 Å². The van der Waals surface area contributed by atoms with Crippen LogP contribution < -0.4 is 4.72 Å². The van der Waals surface area contributed by atoms with Gasteiger partial charge in [0.05, 0.1) is 12.2 Å². The molecule has 0 bridgehead atoms. The van der Waals surface area contributed by atoms with Crippen molar-refractivity contribution in [2.24, 2.45) is 0 Å². The highest BCUT2D eigenvalue weighted by molar-refractivity contribution is 7.97. The van der Waals surface area contributed by atoms with Gasteiger partial charge in [-0.3, -0.25) is 14.3 Å². The first-order chi connectivity index (χ1) is 15.3. The van der Waals surface area contributed by atoms with Gasteiger partial charge in [0.25, 0.3) is 10.0 Å². The van der Waals surface area contributed by atoms with Crippen LogP contribution in [0.1, 0.15) is 50.8 Å². The van der Waals surface area contributed by atoms with E-state index >= 15 is 0 Å². The number of esters is 1. The lowest BCUT2D eigenvalue weighted by Gasteiger charge is -2.27. The van der Waals surface area contributed by atoms with Gasteiger partial charge in [-0.05, 0) is 44.0 Å². The number of ether oxygens (including phenoxy) is 1. The zero-order chi connectivity index (χ0) is 22.9. The number of allylic oxidation sites excluding steroid dienone is 2. The van der Waals surface area contributed by atoms with Crippen molar-refractivity contribution in [1.29, 1.82) is 0 Å². The van der Waals surface area contributed by atoms with Gasteiger partial charge in [0, 0.05) is 29.9 Å². The van der Waals surface area contributed by atoms with Crippen molar-refractivity contribution in [3.63, 3.8) is 0 Å². The van der Waals surface area contributed by atoms with Crippen molar-refractivity contribution < 1.29 is 27.5 Å². The molecule has 1 N–H and O–H groups in total. The van der Waals surface area contributed by atoms with E-state index in [0.29, 0.717) is 13.1 Å². The number of Topliss-reactive ketones (excluding diaryl/α,β-unsaturated/α-hetero) is 2. The Morgan fingerprint density at radius 1 is 0.969 bits per heavy atom. The maximum absolute atomic E-state index is 13.3. The van der Waals surface area contributed by atoms with E-state index in [4.69, 9.17) is 4.74 Å².